The van der Waals surface area contributed by atoms with Gasteiger partial charge in [-0.1, -0.05) is 36.4 Å². The lowest BCUT2D eigenvalue weighted by atomic mass is 10.1. The maximum atomic E-state index is 12.6. The highest BCUT2D eigenvalue weighted by molar-refractivity contribution is 8.00. The first-order valence-electron chi connectivity index (χ1n) is 9.05. The minimum Gasteiger partial charge on any atom is -0.457 e. The summed E-state index contributed by atoms with van der Waals surface area (Å²) < 4.78 is 5.54. The Kier molecular flexibility index (Phi) is 6.66. The third kappa shape index (κ3) is 5.10. The zero-order valence-electron chi connectivity index (χ0n) is 15.8. The third-order valence-electron chi connectivity index (χ3n) is 3.99. The molecule has 0 saturated carbocycles. The summed E-state index contributed by atoms with van der Waals surface area (Å²) in [4.78, 5) is 29.6. The highest BCUT2D eigenvalue weighted by Crippen LogP contribution is 2.24. The molecule has 1 N–H and O–H groups in total. The standard InChI is InChI=1S/C22H22N2O3S/c1-15(2)24-20(25)14-28-19-11-4-3-10-18(19)22(26)27-13-17-8-5-7-16-9-6-12-23-21(16)17/h3-12,15H,13-14H2,1-2H3,(H,24,25). The molecular weight excluding hydrogens is 372 g/mol. The number of para-hydroxylation sites is 1. The number of hydrogen-bond donors (Lipinski definition) is 1. The summed E-state index contributed by atoms with van der Waals surface area (Å²) in [7, 11) is 0. The Morgan fingerprint density at radius 1 is 1.07 bits per heavy atom. The van der Waals surface area contributed by atoms with Crippen LogP contribution in [0.25, 0.3) is 10.9 Å². The van der Waals surface area contributed by atoms with Gasteiger partial charge in [-0.25, -0.2) is 4.79 Å². The summed E-state index contributed by atoms with van der Waals surface area (Å²) in [5.41, 5.74) is 2.14. The van der Waals surface area contributed by atoms with Crippen LogP contribution in [0.5, 0.6) is 0 Å². The summed E-state index contributed by atoms with van der Waals surface area (Å²) in [6.45, 7) is 3.96. The fourth-order valence-electron chi connectivity index (χ4n) is 2.77. The Bertz CT molecular complexity index is 983. The number of carbonyl (C=O) groups excluding carboxylic acids is 2. The van der Waals surface area contributed by atoms with E-state index in [1.807, 2.05) is 56.3 Å². The quantitative estimate of drug-likeness (QED) is 0.480. The first-order chi connectivity index (χ1) is 13.5. The highest BCUT2D eigenvalue weighted by Gasteiger charge is 2.15. The summed E-state index contributed by atoms with van der Waals surface area (Å²) in [6.07, 6.45) is 1.72. The van der Waals surface area contributed by atoms with E-state index in [-0.39, 0.29) is 24.3 Å². The zero-order valence-corrected chi connectivity index (χ0v) is 16.7. The van der Waals surface area contributed by atoms with Crippen LogP contribution in [-0.2, 0) is 16.1 Å². The monoisotopic (exact) mass is 394 g/mol. The van der Waals surface area contributed by atoms with E-state index in [1.165, 1.54) is 11.8 Å². The first-order valence-corrected chi connectivity index (χ1v) is 10.0. The molecule has 0 atom stereocenters. The predicted molar refractivity (Wildman–Crippen MR) is 111 cm³/mol. The van der Waals surface area contributed by atoms with Gasteiger partial charge in [0.25, 0.3) is 0 Å². The number of nitrogens with one attached hydrogen (secondary N) is 1. The Morgan fingerprint density at radius 3 is 2.68 bits per heavy atom. The number of amides is 1. The molecule has 144 valence electrons. The van der Waals surface area contributed by atoms with Gasteiger partial charge in [0.2, 0.25) is 5.91 Å². The Hall–Kier alpha value is -2.86. The van der Waals surface area contributed by atoms with Gasteiger partial charge in [-0.3, -0.25) is 9.78 Å². The van der Waals surface area contributed by atoms with Gasteiger partial charge < -0.3 is 10.1 Å². The van der Waals surface area contributed by atoms with Crippen LogP contribution in [0.1, 0.15) is 29.8 Å². The van der Waals surface area contributed by atoms with Crippen molar-refractivity contribution in [1.29, 1.82) is 0 Å². The van der Waals surface area contributed by atoms with Crippen molar-refractivity contribution in [2.45, 2.75) is 31.4 Å². The van der Waals surface area contributed by atoms with E-state index in [9.17, 15) is 9.59 Å². The molecule has 0 aliphatic heterocycles. The second kappa shape index (κ2) is 9.37. The molecule has 0 aliphatic carbocycles. The maximum absolute atomic E-state index is 12.6. The second-order valence-electron chi connectivity index (χ2n) is 6.58. The van der Waals surface area contributed by atoms with E-state index in [4.69, 9.17) is 4.74 Å². The molecule has 1 amide bonds. The molecule has 3 rings (SSSR count). The number of benzene rings is 2. The number of rotatable bonds is 7. The summed E-state index contributed by atoms with van der Waals surface area (Å²) in [6, 6.07) is 16.9. The van der Waals surface area contributed by atoms with Gasteiger partial charge in [0.05, 0.1) is 16.8 Å². The van der Waals surface area contributed by atoms with Crippen molar-refractivity contribution in [1.82, 2.24) is 10.3 Å². The van der Waals surface area contributed by atoms with Crippen LogP contribution >= 0.6 is 11.8 Å². The summed E-state index contributed by atoms with van der Waals surface area (Å²) in [5.74, 6) is -0.235. The van der Waals surface area contributed by atoms with Crippen molar-refractivity contribution in [3.05, 3.63) is 71.9 Å². The van der Waals surface area contributed by atoms with Crippen molar-refractivity contribution < 1.29 is 14.3 Å². The van der Waals surface area contributed by atoms with E-state index in [2.05, 4.69) is 10.3 Å². The van der Waals surface area contributed by atoms with Crippen LogP contribution in [0, 0.1) is 0 Å². The molecule has 0 radical (unpaired) electrons. The number of carbonyl (C=O) groups is 2. The van der Waals surface area contributed by atoms with Crippen molar-refractivity contribution in [3.63, 3.8) is 0 Å². The molecule has 0 aliphatic rings. The first kappa shape index (κ1) is 19.9. The van der Waals surface area contributed by atoms with Crippen LogP contribution in [0.3, 0.4) is 0 Å². The molecule has 1 aromatic heterocycles. The number of ether oxygens (including phenoxy) is 1. The Labute approximate surface area is 168 Å². The van der Waals surface area contributed by atoms with Gasteiger partial charge >= 0.3 is 5.97 Å². The van der Waals surface area contributed by atoms with Crippen LogP contribution in [0.15, 0.2) is 65.7 Å². The van der Waals surface area contributed by atoms with Crippen LogP contribution in [-0.4, -0.2) is 28.7 Å². The van der Waals surface area contributed by atoms with Crippen molar-refractivity contribution in [2.24, 2.45) is 0 Å². The molecule has 0 bridgehead atoms. The minimum absolute atomic E-state index is 0.0648. The largest absolute Gasteiger partial charge is 0.457 e. The number of fused-ring (bicyclic) bond motifs is 1. The lowest BCUT2D eigenvalue weighted by Crippen LogP contribution is -2.31. The molecule has 0 spiro atoms. The number of hydrogen-bond acceptors (Lipinski definition) is 5. The Balaban J connectivity index is 1.68. The van der Waals surface area contributed by atoms with E-state index in [0.29, 0.717) is 5.56 Å². The number of aromatic nitrogens is 1. The van der Waals surface area contributed by atoms with Crippen LogP contribution in [0.2, 0.25) is 0 Å². The lowest BCUT2D eigenvalue weighted by Gasteiger charge is -2.11. The van der Waals surface area contributed by atoms with E-state index < -0.39 is 5.97 Å². The van der Waals surface area contributed by atoms with E-state index in [0.717, 1.165) is 21.4 Å². The molecule has 28 heavy (non-hydrogen) atoms. The number of nitrogens with zero attached hydrogens (tertiary/aromatic N) is 1. The highest BCUT2D eigenvalue weighted by atomic mass is 32.2. The van der Waals surface area contributed by atoms with Crippen molar-refractivity contribution >= 4 is 34.5 Å². The molecule has 0 unspecified atom stereocenters. The van der Waals surface area contributed by atoms with Crippen LogP contribution in [0.4, 0.5) is 0 Å². The van der Waals surface area contributed by atoms with Crippen molar-refractivity contribution in [2.75, 3.05) is 5.75 Å². The SMILES string of the molecule is CC(C)NC(=O)CSc1ccccc1C(=O)OCc1cccc2cccnc12. The fourth-order valence-corrected chi connectivity index (χ4v) is 3.62. The fraction of sp³-hybridized carbons (Fsp3) is 0.227. The number of esters is 1. The smallest absolute Gasteiger partial charge is 0.339 e. The second-order valence-corrected chi connectivity index (χ2v) is 7.59. The molecule has 5 nitrogen and oxygen atoms in total. The molecule has 6 heteroatoms. The average Bonchev–Trinajstić information content (AvgIpc) is 2.70. The van der Waals surface area contributed by atoms with Crippen LogP contribution < -0.4 is 5.32 Å². The van der Waals surface area contributed by atoms with Gasteiger partial charge in [0.1, 0.15) is 6.61 Å². The number of pyridine rings is 1. The summed E-state index contributed by atoms with van der Waals surface area (Å²) in [5, 5.41) is 3.85. The molecular formula is C22H22N2O3S. The molecule has 0 fully saturated rings. The van der Waals surface area contributed by atoms with Gasteiger partial charge in [-0.05, 0) is 32.0 Å². The van der Waals surface area contributed by atoms with Gasteiger partial charge in [0.15, 0.2) is 0 Å². The number of thioether (sulfide) groups is 1. The third-order valence-corrected chi connectivity index (χ3v) is 5.06. The predicted octanol–water partition coefficient (Wildman–Crippen LogP) is 4.21. The molecule has 3 aromatic rings. The van der Waals surface area contributed by atoms with E-state index >= 15 is 0 Å². The molecule has 0 saturated heterocycles. The lowest BCUT2D eigenvalue weighted by molar-refractivity contribution is -0.119. The topological polar surface area (TPSA) is 68.3 Å². The zero-order chi connectivity index (χ0) is 19.9. The molecule has 1 heterocycles. The average molecular weight is 394 g/mol. The maximum Gasteiger partial charge on any atom is 0.339 e. The van der Waals surface area contributed by atoms with E-state index in [1.54, 1.807) is 18.3 Å². The van der Waals surface area contributed by atoms with Crippen molar-refractivity contribution in [3.8, 4) is 0 Å². The minimum atomic E-state index is -0.416. The molecule has 2 aromatic carbocycles. The van der Waals surface area contributed by atoms with Gasteiger partial charge in [0, 0.05) is 28.1 Å². The van der Waals surface area contributed by atoms with Gasteiger partial charge in [-0.2, -0.15) is 0 Å². The normalized spacial score (nSPS) is 10.8. The Morgan fingerprint density at radius 2 is 1.86 bits per heavy atom. The summed E-state index contributed by atoms with van der Waals surface area (Å²) >= 11 is 1.32. The van der Waals surface area contributed by atoms with Gasteiger partial charge in [-0.15, -0.1) is 11.8 Å².